The molecule has 0 unspecified atom stereocenters. The van der Waals surface area contributed by atoms with E-state index in [1.54, 1.807) is 0 Å². The zero-order chi connectivity index (χ0) is 14.1. The van der Waals surface area contributed by atoms with E-state index in [2.05, 4.69) is 30.8 Å². The summed E-state index contributed by atoms with van der Waals surface area (Å²) < 4.78 is 2.30. The lowest BCUT2D eigenvalue weighted by atomic mass is 10.3. The minimum absolute atomic E-state index is 0.677. The van der Waals surface area contributed by atoms with Gasteiger partial charge in [0.25, 0.3) is 0 Å². The third-order valence-electron chi connectivity index (χ3n) is 4.34. The van der Waals surface area contributed by atoms with Crippen LogP contribution in [0.5, 0.6) is 0 Å². The molecule has 1 N–H and O–H groups in total. The Morgan fingerprint density at radius 3 is 2.90 bits per heavy atom. The first-order valence-electron chi connectivity index (χ1n) is 7.86. The van der Waals surface area contributed by atoms with E-state index in [1.807, 2.05) is 24.8 Å². The van der Waals surface area contributed by atoms with E-state index >= 15 is 0 Å². The van der Waals surface area contributed by atoms with E-state index < -0.39 is 0 Å². The lowest BCUT2D eigenvalue weighted by Crippen LogP contribution is -2.20. The number of nitrogens with zero attached hydrogens (tertiary/aromatic N) is 4. The van der Waals surface area contributed by atoms with Crippen LogP contribution in [0.3, 0.4) is 0 Å². The molecule has 2 fully saturated rings. The van der Waals surface area contributed by atoms with Crippen molar-refractivity contribution in [3.63, 3.8) is 0 Å². The van der Waals surface area contributed by atoms with E-state index in [9.17, 15) is 0 Å². The quantitative estimate of drug-likeness (QED) is 0.916. The number of pyridine rings is 1. The van der Waals surface area contributed by atoms with Crippen molar-refractivity contribution in [1.29, 1.82) is 0 Å². The Balaban J connectivity index is 1.50. The third-order valence-corrected chi connectivity index (χ3v) is 4.34. The van der Waals surface area contributed by atoms with Crippen molar-refractivity contribution in [3.05, 3.63) is 36.5 Å². The molecule has 0 radical (unpaired) electrons. The first-order valence-corrected chi connectivity index (χ1v) is 7.86. The number of rotatable bonds is 5. The highest BCUT2D eigenvalue weighted by Crippen LogP contribution is 2.36. The molecule has 21 heavy (non-hydrogen) atoms. The Hall–Kier alpha value is -2.04. The van der Waals surface area contributed by atoms with Crippen molar-refractivity contribution in [2.24, 2.45) is 0 Å². The summed E-state index contributed by atoms with van der Waals surface area (Å²) in [6, 6.07) is 4.80. The SMILES string of the molecule is c1cnc(N2CCCC2)c(NCc2cncn2C2CC2)c1. The molecular weight excluding hydrogens is 262 g/mol. The molecule has 5 heteroatoms. The zero-order valence-electron chi connectivity index (χ0n) is 12.2. The molecule has 2 aromatic rings. The number of hydrogen-bond donors (Lipinski definition) is 1. The Kier molecular flexibility index (Phi) is 3.25. The molecule has 1 aliphatic carbocycles. The molecule has 3 heterocycles. The second-order valence-corrected chi connectivity index (χ2v) is 5.95. The number of nitrogens with one attached hydrogen (secondary N) is 1. The van der Waals surface area contributed by atoms with E-state index in [-0.39, 0.29) is 0 Å². The van der Waals surface area contributed by atoms with Gasteiger partial charge in [-0.05, 0) is 37.8 Å². The summed E-state index contributed by atoms with van der Waals surface area (Å²) >= 11 is 0. The fraction of sp³-hybridized carbons (Fsp3) is 0.500. The maximum absolute atomic E-state index is 4.57. The van der Waals surface area contributed by atoms with Crippen LogP contribution in [0.25, 0.3) is 0 Å². The summed E-state index contributed by atoms with van der Waals surface area (Å²) in [6.07, 6.45) is 10.9. The Morgan fingerprint density at radius 2 is 2.10 bits per heavy atom. The van der Waals surface area contributed by atoms with Crippen LogP contribution < -0.4 is 10.2 Å². The summed E-state index contributed by atoms with van der Waals surface area (Å²) in [7, 11) is 0. The maximum atomic E-state index is 4.57. The van der Waals surface area contributed by atoms with Crippen LogP contribution in [-0.4, -0.2) is 27.6 Å². The monoisotopic (exact) mass is 283 g/mol. The van der Waals surface area contributed by atoms with Gasteiger partial charge in [-0.2, -0.15) is 0 Å². The van der Waals surface area contributed by atoms with Crippen LogP contribution in [0.4, 0.5) is 11.5 Å². The summed E-state index contributed by atoms with van der Waals surface area (Å²) in [4.78, 5) is 11.2. The molecule has 2 aromatic heterocycles. The lowest BCUT2D eigenvalue weighted by Gasteiger charge is -2.20. The van der Waals surface area contributed by atoms with E-state index in [0.717, 1.165) is 31.1 Å². The smallest absolute Gasteiger partial charge is 0.151 e. The molecule has 1 saturated carbocycles. The van der Waals surface area contributed by atoms with Gasteiger partial charge in [-0.3, -0.25) is 0 Å². The van der Waals surface area contributed by atoms with Crippen molar-refractivity contribution in [2.75, 3.05) is 23.3 Å². The Bertz CT molecular complexity index is 611. The molecule has 0 bridgehead atoms. The van der Waals surface area contributed by atoms with Crippen molar-refractivity contribution in [3.8, 4) is 0 Å². The lowest BCUT2D eigenvalue weighted by molar-refractivity contribution is 0.701. The minimum atomic E-state index is 0.677. The average molecular weight is 283 g/mol. The first kappa shape index (κ1) is 12.7. The fourth-order valence-electron chi connectivity index (χ4n) is 3.05. The molecule has 0 aromatic carbocycles. The minimum Gasteiger partial charge on any atom is -0.376 e. The van der Waals surface area contributed by atoms with Crippen LogP contribution >= 0.6 is 0 Å². The van der Waals surface area contributed by atoms with Gasteiger partial charge >= 0.3 is 0 Å². The molecule has 2 aliphatic rings. The zero-order valence-corrected chi connectivity index (χ0v) is 12.2. The molecule has 0 atom stereocenters. The predicted molar refractivity (Wildman–Crippen MR) is 83.5 cm³/mol. The normalized spacial score (nSPS) is 18.2. The van der Waals surface area contributed by atoms with Gasteiger partial charge in [0, 0.05) is 31.5 Å². The highest BCUT2D eigenvalue weighted by Gasteiger charge is 2.25. The summed E-state index contributed by atoms with van der Waals surface area (Å²) in [6.45, 7) is 3.04. The number of aromatic nitrogens is 3. The van der Waals surface area contributed by atoms with Gasteiger partial charge in [-0.15, -0.1) is 0 Å². The standard InChI is InChI=1S/C16H21N5/c1-2-9-20(8-1)16-15(4-3-7-18-16)19-11-14-10-17-12-21(14)13-5-6-13/h3-4,7,10,12-13,19H,1-2,5-6,8-9,11H2. The van der Waals surface area contributed by atoms with Gasteiger partial charge in [0.05, 0.1) is 24.3 Å². The number of imidazole rings is 1. The summed E-state index contributed by atoms with van der Waals surface area (Å²) in [5.41, 5.74) is 2.39. The molecule has 1 saturated heterocycles. The second kappa shape index (κ2) is 5.39. The highest BCUT2D eigenvalue weighted by atomic mass is 15.2. The topological polar surface area (TPSA) is 46.0 Å². The molecule has 110 valence electrons. The van der Waals surface area contributed by atoms with Crippen molar-refractivity contribution >= 4 is 11.5 Å². The molecule has 1 aliphatic heterocycles. The van der Waals surface area contributed by atoms with Gasteiger partial charge < -0.3 is 14.8 Å². The van der Waals surface area contributed by atoms with Crippen LogP contribution in [0.15, 0.2) is 30.9 Å². The van der Waals surface area contributed by atoms with E-state index in [4.69, 9.17) is 0 Å². The predicted octanol–water partition coefficient (Wildman–Crippen LogP) is 2.83. The van der Waals surface area contributed by atoms with Gasteiger partial charge in [0.15, 0.2) is 5.82 Å². The van der Waals surface area contributed by atoms with Crippen molar-refractivity contribution < 1.29 is 0 Å². The van der Waals surface area contributed by atoms with Crippen molar-refractivity contribution in [2.45, 2.75) is 38.3 Å². The fourth-order valence-corrected chi connectivity index (χ4v) is 3.05. The van der Waals surface area contributed by atoms with Gasteiger partial charge in [-0.25, -0.2) is 9.97 Å². The molecule has 4 rings (SSSR count). The Labute approximate surface area is 125 Å². The first-order chi connectivity index (χ1) is 10.4. The van der Waals surface area contributed by atoms with Gasteiger partial charge in [0.2, 0.25) is 0 Å². The van der Waals surface area contributed by atoms with E-state index in [0.29, 0.717) is 6.04 Å². The van der Waals surface area contributed by atoms with Crippen LogP contribution in [0.1, 0.15) is 37.4 Å². The summed E-state index contributed by atoms with van der Waals surface area (Å²) in [5.74, 6) is 1.09. The maximum Gasteiger partial charge on any atom is 0.151 e. The number of anilines is 2. The highest BCUT2D eigenvalue weighted by molar-refractivity contribution is 5.65. The van der Waals surface area contributed by atoms with Crippen molar-refractivity contribution in [1.82, 2.24) is 14.5 Å². The van der Waals surface area contributed by atoms with Crippen LogP contribution in [0, 0.1) is 0 Å². The average Bonchev–Trinajstić information content (AvgIpc) is 3.04. The van der Waals surface area contributed by atoms with E-state index in [1.165, 1.54) is 31.4 Å². The number of hydrogen-bond acceptors (Lipinski definition) is 4. The molecule has 0 spiro atoms. The Morgan fingerprint density at radius 1 is 1.24 bits per heavy atom. The second-order valence-electron chi connectivity index (χ2n) is 5.95. The molecule has 5 nitrogen and oxygen atoms in total. The summed E-state index contributed by atoms with van der Waals surface area (Å²) in [5, 5.41) is 3.55. The van der Waals surface area contributed by atoms with Gasteiger partial charge in [-0.1, -0.05) is 0 Å². The van der Waals surface area contributed by atoms with Crippen LogP contribution in [-0.2, 0) is 6.54 Å². The van der Waals surface area contributed by atoms with Gasteiger partial charge in [0.1, 0.15) is 0 Å². The third kappa shape index (κ3) is 2.60. The molecule has 0 amide bonds. The largest absolute Gasteiger partial charge is 0.376 e. The molecular formula is C16H21N5. The van der Waals surface area contributed by atoms with Crippen LogP contribution in [0.2, 0.25) is 0 Å².